The van der Waals surface area contributed by atoms with Gasteiger partial charge in [-0.2, -0.15) is 4.31 Å². The first-order valence-corrected chi connectivity index (χ1v) is 11.1. The van der Waals surface area contributed by atoms with E-state index in [4.69, 9.17) is 0 Å². The fraction of sp³-hybridized carbons (Fsp3) is 0.429. The van der Waals surface area contributed by atoms with Crippen LogP contribution in [0.25, 0.3) is 0 Å². The topological polar surface area (TPSA) is 70.6 Å². The predicted molar refractivity (Wildman–Crippen MR) is 110 cm³/mol. The molecule has 1 amide bonds. The fourth-order valence-corrected chi connectivity index (χ4v) is 5.22. The monoisotopic (exact) mass is 401 g/mol. The lowest BCUT2D eigenvalue weighted by Gasteiger charge is -2.30. The third-order valence-electron chi connectivity index (χ3n) is 5.21. The molecule has 150 valence electrons. The van der Waals surface area contributed by atoms with Gasteiger partial charge < -0.3 is 4.90 Å². The van der Waals surface area contributed by atoms with Crippen LogP contribution in [0.4, 0.5) is 5.69 Å². The lowest BCUT2D eigenvalue weighted by atomic mass is 10.0. The van der Waals surface area contributed by atoms with Gasteiger partial charge in [0.05, 0.1) is 16.2 Å². The molecule has 0 radical (unpaired) electrons. The summed E-state index contributed by atoms with van der Waals surface area (Å²) < 4.78 is 27.1. The Balaban J connectivity index is 1.98. The predicted octanol–water partition coefficient (Wildman–Crippen LogP) is 3.32. The second kappa shape index (κ2) is 8.01. The summed E-state index contributed by atoms with van der Waals surface area (Å²) in [6.45, 7) is 8.87. The third-order valence-corrected chi connectivity index (χ3v) is 7.26. The highest BCUT2D eigenvalue weighted by Gasteiger charge is 2.28. The van der Waals surface area contributed by atoms with E-state index in [2.05, 4.69) is 4.98 Å². The molecule has 0 unspecified atom stereocenters. The van der Waals surface area contributed by atoms with Crippen LogP contribution in [-0.2, 0) is 16.4 Å². The minimum atomic E-state index is -3.52. The highest BCUT2D eigenvalue weighted by Crippen LogP contribution is 2.31. The molecule has 1 aromatic carbocycles. The van der Waals surface area contributed by atoms with Crippen molar-refractivity contribution >= 4 is 21.6 Å². The first kappa shape index (κ1) is 20.5. The van der Waals surface area contributed by atoms with Crippen molar-refractivity contribution in [3.05, 3.63) is 52.8 Å². The van der Waals surface area contributed by atoms with Crippen LogP contribution in [0, 0.1) is 13.8 Å². The normalized spacial score (nSPS) is 14.2. The number of hydrogen-bond donors (Lipinski definition) is 0. The van der Waals surface area contributed by atoms with Gasteiger partial charge in [-0.05, 0) is 62.6 Å². The van der Waals surface area contributed by atoms with Crippen LogP contribution in [0.5, 0.6) is 0 Å². The zero-order chi connectivity index (χ0) is 20.5. The van der Waals surface area contributed by atoms with Gasteiger partial charge in [-0.15, -0.1) is 0 Å². The van der Waals surface area contributed by atoms with E-state index < -0.39 is 10.0 Å². The maximum Gasteiger partial charge on any atom is 0.260 e. The van der Waals surface area contributed by atoms with Gasteiger partial charge in [0.1, 0.15) is 0 Å². The maximum absolute atomic E-state index is 13.1. The van der Waals surface area contributed by atoms with Crippen molar-refractivity contribution < 1.29 is 13.2 Å². The number of hydrogen-bond acceptors (Lipinski definition) is 4. The molecule has 1 aromatic heterocycles. The number of carbonyl (C=O) groups is 1. The number of anilines is 1. The minimum absolute atomic E-state index is 0.0923. The number of pyridine rings is 1. The molecule has 0 atom stereocenters. The largest absolute Gasteiger partial charge is 0.308 e. The quantitative estimate of drug-likeness (QED) is 0.771. The van der Waals surface area contributed by atoms with Gasteiger partial charge in [0.2, 0.25) is 10.0 Å². The summed E-state index contributed by atoms with van der Waals surface area (Å²) in [4.78, 5) is 19.6. The van der Waals surface area contributed by atoms with Crippen molar-refractivity contribution in [3.8, 4) is 0 Å². The van der Waals surface area contributed by atoms with E-state index in [-0.39, 0.29) is 10.8 Å². The number of rotatable bonds is 5. The van der Waals surface area contributed by atoms with E-state index in [9.17, 15) is 13.2 Å². The van der Waals surface area contributed by atoms with Gasteiger partial charge >= 0.3 is 0 Å². The van der Waals surface area contributed by atoms with Gasteiger partial charge in [-0.3, -0.25) is 9.78 Å². The van der Waals surface area contributed by atoms with E-state index in [0.717, 1.165) is 29.8 Å². The molecule has 1 aliphatic rings. The lowest BCUT2D eigenvalue weighted by Crippen LogP contribution is -2.36. The van der Waals surface area contributed by atoms with Crippen LogP contribution in [0.1, 0.15) is 47.6 Å². The smallest absolute Gasteiger partial charge is 0.260 e. The lowest BCUT2D eigenvalue weighted by molar-refractivity contribution is 0.0984. The van der Waals surface area contributed by atoms with Crippen molar-refractivity contribution in [2.24, 2.45) is 0 Å². The van der Waals surface area contributed by atoms with E-state index in [1.54, 1.807) is 23.1 Å². The number of fused-ring (bicyclic) bond motifs is 1. The van der Waals surface area contributed by atoms with Crippen molar-refractivity contribution in [3.63, 3.8) is 0 Å². The Morgan fingerprint density at radius 2 is 1.86 bits per heavy atom. The second-order valence-electron chi connectivity index (χ2n) is 7.03. The number of amides is 1. The molecule has 3 rings (SSSR count). The zero-order valence-corrected chi connectivity index (χ0v) is 17.7. The van der Waals surface area contributed by atoms with Crippen molar-refractivity contribution in [2.45, 2.75) is 45.4 Å². The van der Waals surface area contributed by atoms with E-state index >= 15 is 0 Å². The molecule has 2 aromatic rings. The van der Waals surface area contributed by atoms with Gasteiger partial charge in [0.15, 0.2) is 0 Å². The summed E-state index contributed by atoms with van der Waals surface area (Å²) >= 11 is 0. The number of nitrogens with zero attached hydrogens (tertiary/aromatic N) is 3. The molecule has 0 saturated heterocycles. The Morgan fingerprint density at radius 3 is 2.50 bits per heavy atom. The number of carbonyl (C=O) groups excluding carboxylic acids is 1. The number of aromatic nitrogens is 1. The summed E-state index contributed by atoms with van der Waals surface area (Å²) in [7, 11) is -3.52. The van der Waals surface area contributed by atoms with Crippen LogP contribution >= 0.6 is 0 Å². The standard InChI is InChI=1S/C21H27N3O3S/c1-5-23(6-2)28(26,27)18-10-12-20-17(14-18)8-7-13-24(20)21(25)19-11-9-15(3)22-16(19)4/h9-12,14H,5-8,13H2,1-4H3. The molecule has 0 spiro atoms. The minimum Gasteiger partial charge on any atom is -0.308 e. The molecule has 0 bridgehead atoms. The van der Waals surface area contributed by atoms with Crippen LogP contribution in [-0.4, -0.2) is 43.2 Å². The number of sulfonamides is 1. The Kier molecular flexibility index (Phi) is 5.86. The van der Waals surface area contributed by atoms with Crippen molar-refractivity contribution in [1.82, 2.24) is 9.29 Å². The Labute approximate surface area is 167 Å². The molecule has 0 aliphatic carbocycles. The summed E-state index contributed by atoms with van der Waals surface area (Å²) in [6.07, 6.45) is 1.55. The summed E-state index contributed by atoms with van der Waals surface area (Å²) in [5, 5.41) is 0. The average Bonchev–Trinajstić information content (AvgIpc) is 2.67. The van der Waals surface area contributed by atoms with Crippen LogP contribution in [0.3, 0.4) is 0 Å². The van der Waals surface area contributed by atoms with Crippen LogP contribution in [0.2, 0.25) is 0 Å². The van der Waals surface area contributed by atoms with Crippen LogP contribution < -0.4 is 4.90 Å². The highest BCUT2D eigenvalue weighted by molar-refractivity contribution is 7.89. The summed E-state index contributed by atoms with van der Waals surface area (Å²) in [6, 6.07) is 8.75. The molecule has 0 N–H and O–H groups in total. The molecule has 7 heteroatoms. The molecule has 2 heterocycles. The zero-order valence-electron chi connectivity index (χ0n) is 16.9. The van der Waals surface area contributed by atoms with Gasteiger partial charge in [-0.25, -0.2) is 8.42 Å². The summed E-state index contributed by atoms with van der Waals surface area (Å²) in [5.41, 5.74) is 3.84. The molecule has 0 saturated carbocycles. The molecular formula is C21H27N3O3S. The fourth-order valence-electron chi connectivity index (χ4n) is 3.72. The Morgan fingerprint density at radius 1 is 1.14 bits per heavy atom. The third kappa shape index (κ3) is 3.69. The second-order valence-corrected chi connectivity index (χ2v) is 8.96. The van der Waals surface area contributed by atoms with E-state index in [0.29, 0.717) is 30.9 Å². The van der Waals surface area contributed by atoms with E-state index in [1.165, 1.54) is 4.31 Å². The molecule has 28 heavy (non-hydrogen) atoms. The Bertz CT molecular complexity index is 998. The summed E-state index contributed by atoms with van der Waals surface area (Å²) in [5.74, 6) is -0.0923. The maximum atomic E-state index is 13.1. The van der Waals surface area contributed by atoms with Crippen LogP contribution in [0.15, 0.2) is 35.2 Å². The first-order chi connectivity index (χ1) is 13.3. The molecule has 1 aliphatic heterocycles. The highest BCUT2D eigenvalue weighted by atomic mass is 32.2. The van der Waals surface area contributed by atoms with Crippen molar-refractivity contribution in [2.75, 3.05) is 24.5 Å². The van der Waals surface area contributed by atoms with Gasteiger partial charge in [0.25, 0.3) is 5.91 Å². The van der Waals surface area contributed by atoms with Gasteiger partial charge in [-0.1, -0.05) is 13.8 Å². The number of benzene rings is 1. The first-order valence-electron chi connectivity index (χ1n) is 9.68. The van der Waals surface area contributed by atoms with Crippen molar-refractivity contribution in [1.29, 1.82) is 0 Å². The molecule has 0 fully saturated rings. The SMILES string of the molecule is CCN(CC)S(=O)(=O)c1ccc2c(c1)CCCN2C(=O)c1ccc(C)nc1C. The van der Waals surface area contributed by atoms with E-state index in [1.807, 2.05) is 39.8 Å². The molecular weight excluding hydrogens is 374 g/mol. The Hall–Kier alpha value is -2.25. The average molecular weight is 402 g/mol. The molecule has 6 nitrogen and oxygen atoms in total. The number of aryl methyl sites for hydroxylation is 3. The van der Waals surface area contributed by atoms with Gasteiger partial charge in [0, 0.05) is 31.0 Å².